The van der Waals surface area contributed by atoms with Crippen molar-refractivity contribution in [3.63, 3.8) is 0 Å². The fraction of sp³-hybridized carbons (Fsp3) is 0.333. The molecule has 1 rings (SSSR count). The Kier molecular flexibility index (Phi) is 4.73. The first kappa shape index (κ1) is 12.2. The molecule has 2 nitrogen and oxygen atoms in total. The summed E-state index contributed by atoms with van der Waals surface area (Å²) in [5, 5.41) is 0. The van der Waals surface area contributed by atoms with Crippen molar-refractivity contribution < 1.29 is 9.13 Å². The van der Waals surface area contributed by atoms with Gasteiger partial charge in [0.25, 0.3) is 0 Å². The number of nitrogens with two attached hydrogens (primary N) is 1. The molecule has 0 spiro atoms. The van der Waals surface area contributed by atoms with Crippen molar-refractivity contribution in [3.8, 4) is 5.75 Å². The topological polar surface area (TPSA) is 35.2 Å². The maximum atomic E-state index is 13.1. The zero-order valence-electron chi connectivity index (χ0n) is 7.58. The smallest absolute Gasteiger partial charge is 0.131 e. The third kappa shape index (κ3) is 2.86. The number of halogens is 2. The number of benzene rings is 1. The lowest BCUT2D eigenvalue weighted by Crippen LogP contribution is -2.07. The van der Waals surface area contributed by atoms with Crippen LogP contribution in [0, 0.1) is 5.82 Å². The van der Waals surface area contributed by atoms with Crippen LogP contribution >= 0.6 is 12.4 Å². The summed E-state index contributed by atoms with van der Waals surface area (Å²) in [5.41, 5.74) is 6.04. The Morgan fingerprint density at radius 1 is 1.46 bits per heavy atom. The van der Waals surface area contributed by atoms with E-state index in [1.54, 1.807) is 19.1 Å². The van der Waals surface area contributed by atoms with Gasteiger partial charge in [0.1, 0.15) is 11.6 Å². The SMILES string of the molecule is COc1ccc([C@@H](C)N)c(F)c1.Cl. The maximum absolute atomic E-state index is 13.1. The first-order valence-electron chi connectivity index (χ1n) is 3.74. The van der Waals surface area contributed by atoms with Gasteiger partial charge in [-0.2, -0.15) is 0 Å². The highest BCUT2D eigenvalue weighted by molar-refractivity contribution is 5.85. The summed E-state index contributed by atoms with van der Waals surface area (Å²) < 4.78 is 18.0. The molecule has 0 amide bonds. The highest BCUT2D eigenvalue weighted by Crippen LogP contribution is 2.19. The van der Waals surface area contributed by atoms with Gasteiger partial charge in [-0.25, -0.2) is 4.39 Å². The summed E-state index contributed by atoms with van der Waals surface area (Å²) in [6.45, 7) is 1.74. The van der Waals surface area contributed by atoms with Crippen LogP contribution in [0.25, 0.3) is 0 Å². The highest BCUT2D eigenvalue weighted by Gasteiger charge is 2.06. The first-order chi connectivity index (χ1) is 5.65. The molecule has 0 bridgehead atoms. The third-order valence-electron chi connectivity index (χ3n) is 1.70. The summed E-state index contributed by atoms with van der Waals surface area (Å²) in [5.74, 6) is 0.196. The summed E-state index contributed by atoms with van der Waals surface area (Å²) >= 11 is 0. The van der Waals surface area contributed by atoms with Gasteiger partial charge >= 0.3 is 0 Å². The van der Waals surface area contributed by atoms with Gasteiger partial charge in [0.05, 0.1) is 7.11 Å². The average Bonchev–Trinajstić information content (AvgIpc) is 2.03. The van der Waals surface area contributed by atoms with Crippen molar-refractivity contribution in [1.82, 2.24) is 0 Å². The summed E-state index contributed by atoms with van der Waals surface area (Å²) in [6, 6.07) is 4.38. The van der Waals surface area contributed by atoms with E-state index in [1.807, 2.05) is 0 Å². The first-order valence-corrected chi connectivity index (χ1v) is 3.74. The van der Waals surface area contributed by atoms with E-state index in [2.05, 4.69) is 0 Å². The van der Waals surface area contributed by atoms with E-state index in [9.17, 15) is 4.39 Å². The van der Waals surface area contributed by atoms with Gasteiger partial charge in [-0.15, -0.1) is 12.4 Å². The molecule has 1 aromatic rings. The lowest BCUT2D eigenvalue weighted by atomic mass is 10.1. The fourth-order valence-corrected chi connectivity index (χ4v) is 1.00. The van der Waals surface area contributed by atoms with Crippen LogP contribution < -0.4 is 10.5 Å². The summed E-state index contributed by atoms with van der Waals surface area (Å²) in [6.07, 6.45) is 0. The van der Waals surface area contributed by atoms with Crippen molar-refractivity contribution in [2.24, 2.45) is 5.73 Å². The second kappa shape index (κ2) is 5.04. The molecule has 0 fully saturated rings. The minimum Gasteiger partial charge on any atom is -0.497 e. The van der Waals surface area contributed by atoms with Crippen LogP contribution in [0.2, 0.25) is 0 Å². The van der Waals surface area contributed by atoms with Crippen molar-refractivity contribution in [2.75, 3.05) is 7.11 Å². The van der Waals surface area contributed by atoms with Gasteiger partial charge < -0.3 is 10.5 Å². The van der Waals surface area contributed by atoms with Gasteiger partial charge in [0.15, 0.2) is 0 Å². The Bertz CT molecular complexity index is 278. The quantitative estimate of drug-likeness (QED) is 0.804. The largest absolute Gasteiger partial charge is 0.497 e. The molecule has 0 saturated carbocycles. The van der Waals surface area contributed by atoms with Crippen LogP contribution in [-0.2, 0) is 0 Å². The zero-order valence-corrected chi connectivity index (χ0v) is 8.40. The van der Waals surface area contributed by atoms with Gasteiger partial charge in [0.2, 0.25) is 0 Å². The molecule has 13 heavy (non-hydrogen) atoms. The monoisotopic (exact) mass is 205 g/mol. The fourth-order valence-electron chi connectivity index (χ4n) is 1.00. The summed E-state index contributed by atoms with van der Waals surface area (Å²) in [7, 11) is 1.50. The molecule has 0 aliphatic heterocycles. The van der Waals surface area contributed by atoms with Gasteiger partial charge in [-0.3, -0.25) is 0 Å². The molecule has 0 unspecified atom stereocenters. The molecule has 0 aromatic heterocycles. The van der Waals surface area contributed by atoms with Crippen LogP contribution in [0.15, 0.2) is 18.2 Å². The number of hydrogen-bond acceptors (Lipinski definition) is 2. The van der Waals surface area contributed by atoms with Crippen LogP contribution in [0.3, 0.4) is 0 Å². The Balaban J connectivity index is 0.00000144. The van der Waals surface area contributed by atoms with Gasteiger partial charge in [-0.1, -0.05) is 6.07 Å². The molecule has 0 saturated heterocycles. The Hall–Kier alpha value is -0.800. The number of hydrogen-bond donors (Lipinski definition) is 1. The minimum absolute atomic E-state index is 0. The standard InChI is InChI=1S/C9H12FNO.ClH/c1-6(11)8-4-3-7(12-2)5-9(8)10;/h3-6H,11H2,1-2H3;1H/t6-;/m1./s1. The number of methoxy groups -OCH3 is 1. The van der Waals surface area contributed by atoms with Crippen molar-refractivity contribution in [3.05, 3.63) is 29.6 Å². The Morgan fingerprint density at radius 2 is 2.08 bits per heavy atom. The van der Waals surface area contributed by atoms with Crippen LogP contribution in [0.5, 0.6) is 5.75 Å². The maximum Gasteiger partial charge on any atom is 0.131 e. The molecular formula is C9H13ClFNO. The molecule has 4 heteroatoms. The highest BCUT2D eigenvalue weighted by atomic mass is 35.5. The minimum atomic E-state index is -0.315. The Labute approximate surface area is 83.3 Å². The van der Waals surface area contributed by atoms with E-state index in [0.717, 1.165) is 0 Å². The number of ether oxygens (including phenoxy) is 1. The Morgan fingerprint density at radius 3 is 2.46 bits per heavy atom. The second-order valence-electron chi connectivity index (χ2n) is 2.68. The van der Waals surface area contributed by atoms with E-state index in [4.69, 9.17) is 10.5 Å². The lowest BCUT2D eigenvalue weighted by molar-refractivity contribution is 0.410. The molecule has 0 aliphatic carbocycles. The lowest BCUT2D eigenvalue weighted by Gasteiger charge is -2.07. The van der Waals surface area contributed by atoms with Crippen LogP contribution in [0.4, 0.5) is 4.39 Å². The van der Waals surface area contributed by atoms with Gasteiger partial charge in [-0.05, 0) is 13.0 Å². The molecule has 0 heterocycles. The van der Waals surface area contributed by atoms with Crippen molar-refractivity contribution >= 4 is 12.4 Å². The van der Waals surface area contributed by atoms with Crippen molar-refractivity contribution in [1.29, 1.82) is 0 Å². The van der Waals surface area contributed by atoms with E-state index >= 15 is 0 Å². The molecule has 0 aliphatic rings. The number of rotatable bonds is 2. The van der Waals surface area contributed by atoms with E-state index in [1.165, 1.54) is 13.2 Å². The summed E-state index contributed by atoms with van der Waals surface area (Å²) in [4.78, 5) is 0. The molecule has 2 N–H and O–H groups in total. The molecule has 1 atom stereocenters. The van der Waals surface area contributed by atoms with Crippen LogP contribution in [-0.4, -0.2) is 7.11 Å². The van der Waals surface area contributed by atoms with E-state index < -0.39 is 0 Å². The zero-order chi connectivity index (χ0) is 9.14. The van der Waals surface area contributed by atoms with E-state index in [0.29, 0.717) is 11.3 Å². The second-order valence-corrected chi connectivity index (χ2v) is 2.68. The van der Waals surface area contributed by atoms with Crippen molar-refractivity contribution in [2.45, 2.75) is 13.0 Å². The van der Waals surface area contributed by atoms with Gasteiger partial charge in [0, 0.05) is 17.7 Å². The molecule has 74 valence electrons. The van der Waals surface area contributed by atoms with Crippen LogP contribution in [0.1, 0.15) is 18.5 Å². The third-order valence-corrected chi connectivity index (χ3v) is 1.70. The molecule has 0 radical (unpaired) electrons. The molecular weight excluding hydrogens is 193 g/mol. The predicted octanol–water partition coefficient (Wildman–Crippen LogP) is 2.28. The average molecular weight is 206 g/mol. The predicted molar refractivity (Wildman–Crippen MR) is 52.8 cm³/mol. The van der Waals surface area contributed by atoms with E-state index in [-0.39, 0.29) is 24.3 Å². The molecule has 1 aromatic carbocycles. The normalized spacial score (nSPS) is 11.7.